The molecule has 90 valence electrons. The molecule has 0 aliphatic carbocycles. The van der Waals surface area contributed by atoms with Crippen molar-refractivity contribution in [2.45, 2.75) is 19.4 Å². The minimum atomic E-state index is -0.621. The normalized spacial score (nSPS) is 12.7. The van der Waals surface area contributed by atoms with Crippen LogP contribution in [0.4, 0.5) is 4.39 Å². The van der Waals surface area contributed by atoms with Crippen molar-refractivity contribution < 1.29 is 9.50 Å². The lowest BCUT2D eigenvalue weighted by Gasteiger charge is -2.10. The zero-order valence-corrected chi connectivity index (χ0v) is 10.9. The highest BCUT2D eigenvalue weighted by Gasteiger charge is 2.11. The van der Waals surface area contributed by atoms with Crippen molar-refractivity contribution in [3.05, 3.63) is 56.5 Å². The molecule has 1 unspecified atom stereocenters. The summed E-state index contributed by atoms with van der Waals surface area (Å²) in [4.78, 5) is 1.02. The highest BCUT2D eigenvalue weighted by Crippen LogP contribution is 2.27. The van der Waals surface area contributed by atoms with Gasteiger partial charge in [-0.05, 0) is 36.2 Å². The number of hydrogen-bond acceptors (Lipinski definition) is 2. The van der Waals surface area contributed by atoms with E-state index < -0.39 is 6.10 Å². The van der Waals surface area contributed by atoms with Crippen molar-refractivity contribution in [2.75, 3.05) is 0 Å². The smallest absolute Gasteiger partial charge is 0.126 e. The largest absolute Gasteiger partial charge is 0.388 e. The number of aliphatic hydroxyl groups is 1. The Bertz CT molecular complexity index is 524. The predicted octanol–water partition coefficient (Wildman–Crippen LogP) is 4.13. The monoisotopic (exact) mass is 270 g/mol. The SMILES string of the molecule is Cc1cc(C(O)Cc2ccc(Cl)s2)ccc1F. The van der Waals surface area contributed by atoms with E-state index in [-0.39, 0.29) is 5.82 Å². The van der Waals surface area contributed by atoms with E-state index in [2.05, 4.69) is 0 Å². The van der Waals surface area contributed by atoms with Crippen LogP contribution in [0, 0.1) is 12.7 Å². The van der Waals surface area contributed by atoms with E-state index in [9.17, 15) is 9.50 Å². The fraction of sp³-hybridized carbons (Fsp3) is 0.231. The fourth-order valence-corrected chi connectivity index (χ4v) is 2.77. The lowest BCUT2D eigenvalue weighted by Crippen LogP contribution is -2.01. The standard InChI is InChI=1S/C13H12ClFOS/c1-8-6-9(2-4-11(8)15)12(16)7-10-3-5-13(14)17-10/h2-6,12,16H,7H2,1H3. The van der Waals surface area contributed by atoms with Crippen LogP contribution in [-0.2, 0) is 6.42 Å². The lowest BCUT2D eigenvalue weighted by atomic mass is 10.0. The van der Waals surface area contributed by atoms with E-state index in [1.54, 1.807) is 19.1 Å². The Morgan fingerprint density at radius 1 is 1.35 bits per heavy atom. The molecule has 1 heterocycles. The highest BCUT2D eigenvalue weighted by atomic mass is 35.5. The minimum absolute atomic E-state index is 0.250. The number of rotatable bonds is 3. The van der Waals surface area contributed by atoms with Crippen LogP contribution in [0.5, 0.6) is 0 Å². The van der Waals surface area contributed by atoms with Crippen LogP contribution in [0.1, 0.15) is 22.1 Å². The Morgan fingerprint density at radius 2 is 2.12 bits per heavy atom. The molecule has 1 N–H and O–H groups in total. The summed E-state index contributed by atoms with van der Waals surface area (Å²) >= 11 is 7.27. The summed E-state index contributed by atoms with van der Waals surface area (Å²) in [6, 6.07) is 8.38. The molecular formula is C13H12ClFOS. The first-order chi connectivity index (χ1) is 8.06. The van der Waals surface area contributed by atoms with Gasteiger partial charge in [-0.15, -0.1) is 11.3 Å². The molecule has 1 atom stereocenters. The first-order valence-electron chi connectivity index (χ1n) is 5.24. The van der Waals surface area contributed by atoms with Gasteiger partial charge in [-0.1, -0.05) is 23.7 Å². The number of aryl methyl sites for hydroxylation is 1. The average Bonchev–Trinajstić information content (AvgIpc) is 2.68. The Balaban J connectivity index is 2.14. The molecule has 0 saturated carbocycles. The van der Waals surface area contributed by atoms with Crippen LogP contribution in [0.25, 0.3) is 0 Å². The summed E-state index contributed by atoms with van der Waals surface area (Å²) < 4.78 is 13.8. The van der Waals surface area contributed by atoms with Gasteiger partial charge in [0.2, 0.25) is 0 Å². The Labute approximate surface area is 108 Å². The third-order valence-corrected chi connectivity index (χ3v) is 3.84. The molecule has 0 spiro atoms. The third kappa shape index (κ3) is 3.06. The van der Waals surface area contributed by atoms with E-state index >= 15 is 0 Å². The number of hydrogen-bond donors (Lipinski definition) is 1. The quantitative estimate of drug-likeness (QED) is 0.889. The molecule has 0 amide bonds. The summed E-state index contributed by atoms with van der Waals surface area (Å²) in [5.74, 6) is -0.250. The predicted molar refractivity (Wildman–Crippen MR) is 69.1 cm³/mol. The number of benzene rings is 1. The van der Waals surface area contributed by atoms with Crippen molar-refractivity contribution in [1.82, 2.24) is 0 Å². The van der Waals surface area contributed by atoms with Crippen molar-refractivity contribution in [3.8, 4) is 0 Å². The zero-order chi connectivity index (χ0) is 12.4. The van der Waals surface area contributed by atoms with Crippen molar-refractivity contribution in [3.63, 3.8) is 0 Å². The van der Waals surface area contributed by atoms with E-state index in [1.165, 1.54) is 17.4 Å². The maximum atomic E-state index is 13.1. The molecule has 2 rings (SSSR count). The molecule has 1 aromatic heterocycles. The maximum absolute atomic E-state index is 13.1. The first kappa shape index (κ1) is 12.6. The van der Waals surface area contributed by atoms with Crippen LogP contribution >= 0.6 is 22.9 Å². The van der Waals surface area contributed by atoms with Gasteiger partial charge in [-0.25, -0.2) is 4.39 Å². The van der Waals surface area contributed by atoms with E-state index in [4.69, 9.17) is 11.6 Å². The van der Waals surface area contributed by atoms with Crippen LogP contribution in [-0.4, -0.2) is 5.11 Å². The van der Waals surface area contributed by atoms with Crippen LogP contribution in [0.15, 0.2) is 30.3 Å². The molecule has 2 aromatic rings. The first-order valence-corrected chi connectivity index (χ1v) is 6.44. The van der Waals surface area contributed by atoms with Gasteiger partial charge in [0.25, 0.3) is 0 Å². The van der Waals surface area contributed by atoms with Crippen LogP contribution < -0.4 is 0 Å². The number of halogens is 2. The third-order valence-electron chi connectivity index (χ3n) is 2.59. The number of aliphatic hydroxyl groups excluding tert-OH is 1. The molecule has 0 aliphatic rings. The summed E-state index contributed by atoms with van der Waals surface area (Å²) in [5, 5.41) is 10.0. The summed E-state index contributed by atoms with van der Waals surface area (Å²) in [6.07, 6.45) is -0.119. The second-order valence-electron chi connectivity index (χ2n) is 3.93. The molecule has 0 bridgehead atoms. The van der Waals surface area contributed by atoms with Crippen molar-refractivity contribution in [1.29, 1.82) is 0 Å². The van der Waals surface area contributed by atoms with Crippen LogP contribution in [0.2, 0.25) is 4.34 Å². The molecule has 4 heteroatoms. The van der Waals surface area contributed by atoms with Gasteiger partial charge in [0.15, 0.2) is 0 Å². The van der Waals surface area contributed by atoms with Gasteiger partial charge >= 0.3 is 0 Å². The summed E-state index contributed by atoms with van der Waals surface area (Å²) in [6.45, 7) is 1.69. The number of thiophene rings is 1. The zero-order valence-electron chi connectivity index (χ0n) is 9.28. The van der Waals surface area contributed by atoms with Crippen molar-refractivity contribution >= 4 is 22.9 Å². The van der Waals surface area contributed by atoms with E-state index in [1.807, 2.05) is 12.1 Å². The van der Waals surface area contributed by atoms with Gasteiger partial charge < -0.3 is 5.11 Å². The Morgan fingerprint density at radius 3 is 2.71 bits per heavy atom. The lowest BCUT2D eigenvalue weighted by molar-refractivity contribution is 0.179. The highest BCUT2D eigenvalue weighted by molar-refractivity contribution is 7.16. The van der Waals surface area contributed by atoms with Crippen molar-refractivity contribution in [2.24, 2.45) is 0 Å². The topological polar surface area (TPSA) is 20.2 Å². The van der Waals surface area contributed by atoms with Crippen LogP contribution in [0.3, 0.4) is 0 Å². The van der Waals surface area contributed by atoms with Gasteiger partial charge in [-0.3, -0.25) is 0 Å². The second kappa shape index (κ2) is 5.17. The molecule has 1 nitrogen and oxygen atoms in total. The van der Waals surface area contributed by atoms with E-state index in [0.29, 0.717) is 16.3 Å². The second-order valence-corrected chi connectivity index (χ2v) is 5.73. The summed E-state index contributed by atoms with van der Waals surface area (Å²) in [7, 11) is 0. The molecule has 0 fully saturated rings. The Kier molecular flexibility index (Phi) is 3.82. The molecule has 0 saturated heterocycles. The molecular weight excluding hydrogens is 259 g/mol. The maximum Gasteiger partial charge on any atom is 0.126 e. The van der Waals surface area contributed by atoms with E-state index in [0.717, 1.165) is 10.4 Å². The minimum Gasteiger partial charge on any atom is -0.388 e. The molecule has 0 aliphatic heterocycles. The molecule has 0 radical (unpaired) electrons. The molecule has 1 aromatic carbocycles. The summed E-state index contributed by atoms with van der Waals surface area (Å²) in [5.41, 5.74) is 1.28. The fourth-order valence-electron chi connectivity index (χ4n) is 1.65. The Hall–Kier alpha value is -0.900. The molecule has 17 heavy (non-hydrogen) atoms. The van der Waals surface area contributed by atoms with Gasteiger partial charge in [0.05, 0.1) is 10.4 Å². The van der Waals surface area contributed by atoms with Gasteiger partial charge in [0.1, 0.15) is 5.82 Å². The van der Waals surface area contributed by atoms with Gasteiger partial charge in [-0.2, -0.15) is 0 Å². The van der Waals surface area contributed by atoms with Gasteiger partial charge in [0, 0.05) is 11.3 Å². The average molecular weight is 271 g/mol.